The van der Waals surface area contributed by atoms with Crippen molar-refractivity contribution in [2.75, 3.05) is 7.05 Å². The zero-order chi connectivity index (χ0) is 14.3. The Morgan fingerprint density at radius 2 is 2.05 bits per heavy atom. The average molecular weight is 295 g/mol. The molecule has 2 atom stereocenters. The number of thiophene rings is 1. The lowest BCUT2D eigenvalue weighted by molar-refractivity contribution is -0.380. The minimum Gasteiger partial charge on any atom is -0.338 e. The molecule has 3 rings (SSSR count). The fourth-order valence-electron chi connectivity index (χ4n) is 3.22. The molecule has 20 heavy (non-hydrogen) atoms. The van der Waals surface area contributed by atoms with Gasteiger partial charge in [0.2, 0.25) is 0 Å². The molecule has 7 heteroatoms. The molecule has 2 aliphatic heterocycles. The molecule has 2 saturated heterocycles. The van der Waals surface area contributed by atoms with Gasteiger partial charge in [-0.05, 0) is 31.7 Å². The summed E-state index contributed by atoms with van der Waals surface area (Å²) >= 11 is 0.953. The zero-order valence-corrected chi connectivity index (χ0v) is 12.1. The number of piperidine rings is 1. The largest absolute Gasteiger partial charge is 0.338 e. The summed E-state index contributed by atoms with van der Waals surface area (Å²) in [5.74, 6) is -0.102. The Labute approximate surface area is 120 Å². The number of nitrogens with zero attached hydrogens (tertiary/aromatic N) is 2. The van der Waals surface area contributed by atoms with Crippen LogP contribution in [0.1, 0.15) is 35.4 Å². The molecule has 0 spiro atoms. The first-order valence-electron chi connectivity index (χ1n) is 6.82. The van der Waals surface area contributed by atoms with E-state index in [2.05, 4.69) is 5.32 Å². The fourth-order valence-corrected chi connectivity index (χ4v) is 4.03. The molecule has 2 fully saturated rings. The lowest BCUT2D eigenvalue weighted by atomic mass is 9.98. The fraction of sp³-hybridized carbons (Fsp3) is 0.615. The van der Waals surface area contributed by atoms with Crippen LogP contribution in [0.4, 0.5) is 5.00 Å². The number of nitro groups is 1. The lowest BCUT2D eigenvalue weighted by Crippen LogP contribution is -2.48. The van der Waals surface area contributed by atoms with Gasteiger partial charge in [0, 0.05) is 31.2 Å². The smallest absolute Gasteiger partial charge is 0.324 e. The quantitative estimate of drug-likeness (QED) is 0.683. The van der Waals surface area contributed by atoms with E-state index in [0.29, 0.717) is 17.0 Å². The SMILES string of the molecule is CN(C(=O)c1ccc([N+](=O)[O-])s1)C1CC2CCC(C1)N2. The van der Waals surface area contributed by atoms with Gasteiger partial charge >= 0.3 is 5.00 Å². The van der Waals surface area contributed by atoms with Crippen molar-refractivity contribution in [1.82, 2.24) is 10.2 Å². The first-order chi connectivity index (χ1) is 9.54. The van der Waals surface area contributed by atoms with Gasteiger partial charge in [0.15, 0.2) is 0 Å². The number of hydrogen-bond donors (Lipinski definition) is 1. The standard InChI is InChI=1S/C13H17N3O3S/c1-15(10-6-8-2-3-9(7-10)14-8)13(17)11-4-5-12(20-11)16(18)19/h4-5,8-10,14H,2-3,6-7H2,1H3. The summed E-state index contributed by atoms with van der Waals surface area (Å²) in [5, 5.41) is 14.3. The summed E-state index contributed by atoms with van der Waals surface area (Å²) < 4.78 is 0. The van der Waals surface area contributed by atoms with Gasteiger partial charge in [-0.15, -0.1) is 0 Å². The van der Waals surface area contributed by atoms with Crippen LogP contribution in [0.5, 0.6) is 0 Å². The van der Waals surface area contributed by atoms with Crippen LogP contribution in [0.25, 0.3) is 0 Å². The molecule has 2 aliphatic rings. The van der Waals surface area contributed by atoms with Crippen molar-refractivity contribution in [3.05, 3.63) is 27.1 Å². The van der Waals surface area contributed by atoms with Crippen molar-refractivity contribution >= 4 is 22.2 Å². The van der Waals surface area contributed by atoms with Crippen molar-refractivity contribution in [1.29, 1.82) is 0 Å². The topological polar surface area (TPSA) is 75.5 Å². The van der Waals surface area contributed by atoms with Crippen LogP contribution in [-0.2, 0) is 0 Å². The van der Waals surface area contributed by atoms with Crippen molar-refractivity contribution in [3.8, 4) is 0 Å². The number of nitrogens with one attached hydrogen (secondary N) is 1. The molecule has 0 aromatic carbocycles. The summed E-state index contributed by atoms with van der Waals surface area (Å²) in [6.45, 7) is 0. The number of fused-ring (bicyclic) bond motifs is 2. The Balaban J connectivity index is 1.71. The highest BCUT2D eigenvalue weighted by atomic mass is 32.1. The highest BCUT2D eigenvalue weighted by molar-refractivity contribution is 7.17. The first-order valence-corrected chi connectivity index (χ1v) is 7.63. The summed E-state index contributed by atoms with van der Waals surface area (Å²) in [5.41, 5.74) is 0. The van der Waals surface area contributed by atoms with Gasteiger partial charge in [0.1, 0.15) is 0 Å². The summed E-state index contributed by atoms with van der Waals surface area (Å²) in [6, 6.07) is 4.23. The van der Waals surface area contributed by atoms with Crippen molar-refractivity contribution in [3.63, 3.8) is 0 Å². The molecular formula is C13H17N3O3S. The van der Waals surface area contributed by atoms with Crippen LogP contribution < -0.4 is 5.32 Å². The third-order valence-electron chi connectivity index (χ3n) is 4.30. The second-order valence-electron chi connectivity index (χ2n) is 5.57. The van der Waals surface area contributed by atoms with Crippen molar-refractivity contribution < 1.29 is 9.72 Å². The van der Waals surface area contributed by atoms with E-state index in [9.17, 15) is 14.9 Å². The van der Waals surface area contributed by atoms with Gasteiger partial charge in [-0.1, -0.05) is 11.3 Å². The highest BCUT2D eigenvalue weighted by Gasteiger charge is 2.36. The summed E-state index contributed by atoms with van der Waals surface area (Å²) in [7, 11) is 1.81. The molecule has 6 nitrogen and oxygen atoms in total. The number of carbonyl (C=O) groups is 1. The second kappa shape index (κ2) is 5.14. The maximum absolute atomic E-state index is 12.4. The average Bonchev–Trinajstić information content (AvgIpc) is 3.04. The monoisotopic (exact) mass is 295 g/mol. The van der Waals surface area contributed by atoms with E-state index in [1.807, 2.05) is 7.05 Å². The number of hydrogen-bond acceptors (Lipinski definition) is 5. The van der Waals surface area contributed by atoms with Crippen LogP contribution in [0.15, 0.2) is 12.1 Å². The van der Waals surface area contributed by atoms with Crippen LogP contribution in [0.2, 0.25) is 0 Å². The minimum atomic E-state index is -0.452. The van der Waals surface area contributed by atoms with Gasteiger partial charge in [-0.3, -0.25) is 14.9 Å². The van der Waals surface area contributed by atoms with Crippen LogP contribution in [0, 0.1) is 10.1 Å². The Bertz CT molecular complexity index is 533. The van der Waals surface area contributed by atoms with Crippen molar-refractivity contribution in [2.45, 2.75) is 43.8 Å². The highest BCUT2D eigenvalue weighted by Crippen LogP contribution is 2.31. The predicted molar refractivity (Wildman–Crippen MR) is 76.0 cm³/mol. The zero-order valence-electron chi connectivity index (χ0n) is 11.2. The normalized spacial score (nSPS) is 28.4. The molecular weight excluding hydrogens is 278 g/mol. The van der Waals surface area contributed by atoms with E-state index in [0.717, 1.165) is 24.2 Å². The lowest BCUT2D eigenvalue weighted by Gasteiger charge is -2.35. The molecule has 1 aromatic heterocycles. The molecule has 1 aromatic rings. The van der Waals surface area contributed by atoms with Crippen LogP contribution in [0.3, 0.4) is 0 Å². The third kappa shape index (κ3) is 2.43. The Morgan fingerprint density at radius 1 is 1.40 bits per heavy atom. The maximum atomic E-state index is 12.4. The van der Waals surface area contributed by atoms with E-state index in [1.54, 1.807) is 11.0 Å². The number of amides is 1. The molecule has 0 saturated carbocycles. The van der Waals surface area contributed by atoms with E-state index in [4.69, 9.17) is 0 Å². The molecule has 0 radical (unpaired) electrons. The Kier molecular flexibility index (Phi) is 3.47. The predicted octanol–water partition coefficient (Wildman–Crippen LogP) is 2.01. The van der Waals surface area contributed by atoms with E-state index >= 15 is 0 Å². The molecule has 1 N–H and O–H groups in total. The van der Waals surface area contributed by atoms with Crippen LogP contribution in [-0.4, -0.2) is 40.9 Å². The van der Waals surface area contributed by atoms with E-state index < -0.39 is 4.92 Å². The van der Waals surface area contributed by atoms with Gasteiger partial charge in [-0.25, -0.2) is 0 Å². The van der Waals surface area contributed by atoms with Gasteiger partial charge in [0.25, 0.3) is 5.91 Å². The number of carbonyl (C=O) groups excluding carboxylic acids is 1. The number of rotatable bonds is 3. The van der Waals surface area contributed by atoms with E-state index in [-0.39, 0.29) is 17.0 Å². The summed E-state index contributed by atoms with van der Waals surface area (Å²) in [4.78, 5) is 24.9. The molecule has 1 amide bonds. The van der Waals surface area contributed by atoms with Crippen LogP contribution >= 0.6 is 11.3 Å². The first kappa shape index (κ1) is 13.5. The molecule has 3 heterocycles. The molecule has 2 bridgehead atoms. The molecule has 0 aliphatic carbocycles. The van der Waals surface area contributed by atoms with Gasteiger partial charge in [0.05, 0.1) is 9.80 Å². The van der Waals surface area contributed by atoms with Gasteiger partial charge < -0.3 is 10.2 Å². The second-order valence-corrected chi connectivity index (χ2v) is 6.64. The third-order valence-corrected chi connectivity index (χ3v) is 5.32. The minimum absolute atomic E-state index is 0.0205. The maximum Gasteiger partial charge on any atom is 0.324 e. The van der Waals surface area contributed by atoms with Gasteiger partial charge in [-0.2, -0.15) is 0 Å². The molecule has 2 unspecified atom stereocenters. The van der Waals surface area contributed by atoms with E-state index in [1.165, 1.54) is 18.9 Å². The Hall–Kier alpha value is -1.47. The summed E-state index contributed by atoms with van der Waals surface area (Å²) in [6.07, 6.45) is 4.33. The van der Waals surface area contributed by atoms with Crippen molar-refractivity contribution in [2.24, 2.45) is 0 Å². The molecule has 108 valence electrons. The Morgan fingerprint density at radius 3 is 2.60 bits per heavy atom.